The van der Waals surface area contributed by atoms with E-state index in [1.165, 1.54) is 0 Å². The molecule has 0 aromatic rings. The molecule has 2 N–H and O–H groups in total. The van der Waals surface area contributed by atoms with Gasteiger partial charge in [0.1, 0.15) is 6.10 Å². The maximum atomic E-state index is 13.0. The number of hydrogen-bond acceptors (Lipinski definition) is 8. The summed E-state index contributed by atoms with van der Waals surface area (Å²) in [5, 5.41) is 0. The zero-order valence-electron chi connectivity index (χ0n) is 33.5. The topological polar surface area (TPSA) is 122 Å². The largest absolute Gasteiger partial charge is 0.454 e. The predicted molar refractivity (Wildman–Crippen MR) is 213 cm³/mol. The molecule has 0 aromatic carbocycles. The molecule has 53 heavy (non-hydrogen) atoms. The van der Waals surface area contributed by atoms with Crippen molar-refractivity contribution in [3.05, 3.63) is 130 Å². The highest BCUT2D eigenvalue weighted by Gasteiger charge is 2.40. The van der Waals surface area contributed by atoms with Crippen LogP contribution in [-0.2, 0) is 33.5 Å². The highest BCUT2D eigenvalue weighted by Crippen LogP contribution is 2.42. The van der Waals surface area contributed by atoms with E-state index in [-0.39, 0.29) is 35.9 Å². The van der Waals surface area contributed by atoms with Gasteiger partial charge in [-0.3, -0.25) is 19.2 Å². The lowest BCUT2D eigenvalue weighted by Crippen LogP contribution is -2.39. The first kappa shape index (κ1) is 44.5. The van der Waals surface area contributed by atoms with Crippen LogP contribution in [0.25, 0.3) is 0 Å². The van der Waals surface area contributed by atoms with E-state index in [0.29, 0.717) is 18.4 Å². The Morgan fingerprint density at radius 3 is 1.45 bits per heavy atom. The number of ether oxygens (including phenoxy) is 2. The third-order valence-electron chi connectivity index (χ3n) is 9.50. The molecule has 0 aliphatic heterocycles. The molecule has 8 nitrogen and oxygen atoms in total. The summed E-state index contributed by atoms with van der Waals surface area (Å²) in [5.41, 5.74) is 7.05. The summed E-state index contributed by atoms with van der Waals surface area (Å²) < 4.78 is 10.8. The number of carbonyl (C=O) groups excluding carboxylic acids is 4. The van der Waals surface area contributed by atoms with Crippen molar-refractivity contribution in [2.24, 2.45) is 16.7 Å². The van der Waals surface area contributed by atoms with Crippen molar-refractivity contribution < 1.29 is 33.5 Å². The number of ketones is 2. The standard InChI is InChI=1S/C45H59NO7/c1-30(18-14-20-32(3)22-24-36-34(5)42(49)38(51-11)28-44(36,7)8)16-12-13-17-31(2)19-15-21-33(4)23-25-37-35(6)43(50)39(29-45(37,9)10)52-40(47)26-27-41(48)53-46/h12-25,38-39H,26-29,46H2,1-11H3/b13-12+,18-14+,19-15+,24-22+,25-23+,30-16+,31-17+,32-20+,33-21+. The van der Waals surface area contributed by atoms with Gasteiger partial charge in [0.2, 0.25) is 0 Å². The molecular weight excluding hydrogens is 666 g/mol. The van der Waals surface area contributed by atoms with Gasteiger partial charge >= 0.3 is 11.9 Å². The highest BCUT2D eigenvalue weighted by molar-refractivity contribution is 6.02. The number of rotatable bonds is 15. The fourth-order valence-corrected chi connectivity index (χ4v) is 6.33. The zero-order chi connectivity index (χ0) is 39.9. The van der Waals surface area contributed by atoms with Crippen LogP contribution in [0.3, 0.4) is 0 Å². The monoisotopic (exact) mass is 725 g/mol. The Morgan fingerprint density at radius 1 is 0.642 bits per heavy atom. The molecule has 8 heteroatoms. The Labute approximate surface area is 316 Å². The summed E-state index contributed by atoms with van der Waals surface area (Å²) in [6.07, 6.45) is 27.7. The van der Waals surface area contributed by atoms with Gasteiger partial charge in [0.05, 0.1) is 12.8 Å². The lowest BCUT2D eigenvalue weighted by molar-refractivity contribution is -0.158. The summed E-state index contributed by atoms with van der Waals surface area (Å²) in [5.74, 6) is 3.28. The SMILES string of the molecule is COC1CC(C)(C)C(/C=C/C(C)=C/C=C/C(C)=C/C=C/C=C(C)/C=C/C=C(C)/C=C/C2=C(C)C(=O)C(OC(=O)CCC(=O)ON)CC2(C)C)=C(C)C1=O. The maximum Gasteiger partial charge on any atom is 0.325 e. The summed E-state index contributed by atoms with van der Waals surface area (Å²) in [6.45, 7) is 20.1. The minimum Gasteiger partial charge on any atom is -0.454 e. The van der Waals surface area contributed by atoms with Crippen LogP contribution in [-0.4, -0.2) is 42.8 Å². The van der Waals surface area contributed by atoms with Gasteiger partial charge < -0.3 is 14.3 Å². The maximum absolute atomic E-state index is 13.0. The van der Waals surface area contributed by atoms with Crippen molar-refractivity contribution >= 4 is 23.5 Å². The van der Waals surface area contributed by atoms with E-state index in [2.05, 4.69) is 56.0 Å². The Kier molecular flexibility index (Phi) is 17.3. The molecule has 2 aliphatic rings. The number of carbonyl (C=O) groups is 4. The molecule has 2 atom stereocenters. The lowest BCUT2D eigenvalue weighted by Gasteiger charge is -2.36. The van der Waals surface area contributed by atoms with Crippen LogP contribution in [0, 0.1) is 10.8 Å². The molecule has 0 radical (unpaired) electrons. The van der Waals surface area contributed by atoms with Gasteiger partial charge in [-0.1, -0.05) is 135 Å². The second-order valence-electron chi connectivity index (χ2n) is 15.1. The predicted octanol–water partition coefficient (Wildman–Crippen LogP) is 9.31. The van der Waals surface area contributed by atoms with Crippen LogP contribution in [0.4, 0.5) is 0 Å². The third kappa shape index (κ3) is 14.0. The number of Topliss-reactive ketones (excluding diaryl/α,β-unsaturated/α-hetero) is 2. The molecule has 2 unspecified atom stereocenters. The number of methoxy groups -OCH3 is 1. The van der Waals surface area contributed by atoms with Crippen molar-refractivity contribution in [2.45, 2.75) is 107 Å². The summed E-state index contributed by atoms with van der Waals surface area (Å²) in [6, 6.07) is 0. The van der Waals surface area contributed by atoms with Gasteiger partial charge in [0.25, 0.3) is 0 Å². The Bertz CT molecular complexity index is 1740. The summed E-state index contributed by atoms with van der Waals surface area (Å²) in [4.78, 5) is 53.1. The van der Waals surface area contributed by atoms with E-state index in [1.54, 1.807) is 14.0 Å². The Morgan fingerprint density at radius 2 is 1.02 bits per heavy atom. The quantitative estimate of drug-likeness (QED) is 0.101. The van der Waals surface area contributed by atoms with Gasteiger partial charge in [-0.25, -0.2) is 0 Å². The van der Waals surface area contributed by atoms with Crippen LogP contribution < -0.4 is 5.90 Å². The second kappa shape index (κ2) is 20.5. The summed E-state index contributed by atoms with van der Waals surface area (Å²) >= 11 is 0. The van der Waals surface area contributed by atoms with E-state index in [1.807, 2.05) is 96.2 Å². The molecule has 286 valence electrons. The molecule has 0 saturated carbocycles. The second-order valence-corrected chi connectivity index (χ2v) is 15.1. The first-order valence-electron chi connectivity index (χ1n) is 18.0. The first-order chi connectivity index (χ1) is 24.8. The van der Waals surface area contributed by atoms with Crippen molar-refractivity contribution in [1.82, 2.24) is 0 Å². The fourth-order valence-electron chi connectivity index (χ4n) is 6.33. The van der Waals surface area contributed by atoms with Crippen LogP contribution in [0.5, 0.6) is 0 Å². The molecule has 0 heterocycles. The van der Waals surface area contributed by atoms with Gasteiger partial charge in [-0.05, 0) is 81.1 Å². The van der Waals surface area contributed by atoms with Crippen LogP contribution in [0.1, 0.15) is 94.9 Å². The van der Waals surface area contributed by atoms with Gasteiger partial charge in [0, 0.05) is 13.5 Å². The molecular formula is C45H59NO7. The third-order valence-corrected chi connectivity index (χ3v) is 9.50. The van der Waals surface area contributed by atoms with Gasteiger partial charge in [-0.2, -0.15) is 5.90 Å². The van der Waals surface area contributed by atoms with E-state index >= 15 is 0 Å². The van der Waals surface area contributed by atoms with E-state index in [4.69, 9.17) is 15.4 Å². The van der Waals surface area contributed by atoms with E-state index < -0.39 is 23.5 Å². The molecule has 2 rings (SSSR count). The number of esters is 1. The van der Waals surface area contributed by atoms with E-state index in [9.17, 15) is 19.2 Å². The zero-order valence-corrected chi connectivity index (χ0v) is 33.5. The highest BCUT2D eigenvalue weighted by atomic mass is 16.7. The molecule has 0 aromatic heterocycles. The lowest BCUT2D eigenvalue weighted by atomic mass is 9.71. The normalized spacial score (nSPS) is 22.1. The molecule has 2 aliphatic carbocycles. The van der Waals surface area contributed by atoms with Crippen molar-refractivity contribution in [1.29, 1.82) is 0 Å². The fraction of sp³-hybridized carbons (Fsp3) is 0.422. The Balaban J connectivity index is 1.97. The first-order valence-corrected chi connectivity index (χ1v) is 18.0. The average Bonchev–Trinajstić information content (AvgIpc) is 3.09. The molecule has 0 saturated heterocycles. The van der Waals surface area contributed by atoms with Crippen molar-refractivity contribution in [3.63, 3.8) is 0 Å². The minimum absolute atomic E-state index is 0.0697. The Hall–Kier alpha value is -4.66. The minimum atomic E-state index is -0.898. The number of allylic oxidation sites excluding steroid dienone is 20. The van der Waals surface area contributed by atoms with Crippen molar-refractivity contribution in [2.75, 3.05) is 7.11 Å². The smallest absolute Gasteiger partial charge is 0.325 e. The van der Waals surface area contributed by atoms with Gasteiger partial charge in [-0.15, -0.1) is 0 Å². The molecule has 0 fully saturated rings. The van der Waals surface area contributed by atoms with Crippen LogP contribution in [0.15, 0.2) is 130 Å². The molecule has 0 bridgehead atoms. The summed E-state index contributed by atoms with van der Waals surface area (Å²) in [7, 11) is 1.60. The van der Waals surface area contributed by atoms with Gasteiger partial charge in [0.15, 0.2) is 17.7 Å². The van der Waals surface area contributed by atoms with E-state index in [0.717, 1.165) is 39.0 Å². The molecule has 0 spiro atoms. The van der Waals surface area contributed by atoms with Crippen LogP contribution >= 0.6 is 0 Å². The number of nitrogens with two attached hydrogens (primary N) is 1. The van der Waals surface area contributed by atoms with Crippen molar-refractivity contribution in [3.8, 4) is 0 Å². The average molecular weight is 726 g/mol. The molecule has 0 amide bonds. The van der Waals surface area contributed by atoms with Crippen LogP contribution in [0.2, 0.25) is 0 Å². The number of hydrogen-bond donors (Lipinski definition) is 1.